The predicted octanol–water partition coefficient (Wildman–Crippen LogP) is 4.16. The zero-order valence-electron chi connectivity index (χ0n) is 26.4. The number of nitrogens with zero attached hydrogens (tertiary/aromatic N) is 5. The predicted molar refractivity (Wildman–Crippen MR) is 175 cm³/mol. The molecule has 4 aliphatic rings. The number of hydrogen-bond acceptors (Lipinski definition) is 9. The number of urea groups is 1. The molecule has 3 aromatic carbocycles. The van der Waals surface area contributed by atoms with Crippen molar-refractivity contribution in [1.29, 1.82) is 0 Å². The van der Waals surface area contributed by atoms with E-state index in [2.05, 4.69) is 27.1 Å². The fourth-order valence-corrected chi connectivity index (χ4v) is 7.58. The molecule has 2 bridgehead atoms. The Morgan fingerprint density at radius 1 is 1.02 bits per heavy atom. The maximum Gasteiger partial charge on any atom is 0.319 e. The molecule has 12 heteroatoms. The van der Waals surface area contributed by atoms with E-state index in [9.17, 15) is 9.90 Å². The van der Waals surface area contributed by atoms with E-state index >= 15 is 4.39 Å². The summed E-state index contributed by atoms with van der Waals surface area (Å²) in [6.45, 7) is 4.29. The van der Waals surface area contributed by atoms with Crippen LogP contribution < -0.4 is 15.0 Å². The highest BCUT2D eigenvalue weighted by Gasteiger charge is 2.42. The van der Waals surface area contributed by atoms with E-state index < -0.39 is 5.82 Å². The number of piperazine rings is 1. The molecule has 8 rings (SSSR count). The zero-order chi connectivity index (χ0) is 32.1. The third kappa shape index (κ3) is 5.68. The number of fused-ring (bicyclic) bond motifs is 4. The van der Waals surface area contributed by atoms with E-state index in [1.165, 1.54) is 0 Å². The molecule has 4 aromatic rings. The lowest BCUT2D eigenvalue weighted by Crippen LogP contribution is -2.68. The highest BCUT2D eigenvalue weighted by Crippen LogP contribution is 2.39. The summed E-state index contributed by atoms with van der Waals surface area (Å²) in [5, 5.41) is 15.8. The van der Waals surface area contributed by atoms with Crippen LogP contribution in [0.2, 0.25) is 0 Å². The molecule has 2 amide bonds. The number of anilines is 1. The highest BCUT2D eigenvalue weighted by atomic mass is 19.1. The fraction of sp³-hybridized carbons (Fsp3) is 0.457. The van der Waals surface area contributed by atoms with Crippen molar-refractivity contribution >= 4 is 33.5 Å². The van der Waals surface area contributed by atoms with Crippen LogP contribution in [0.3, 0.4) is 0 Å². The number of carbonyl (C=O) groups is 1. The van der Waals surface area contributed by atoms with Crippen LogP contribution in [0, 0.1) is 5.82 Å². The first-order valence-electron chi connectivity index (χ1n) is 16.5. The van der Waals surface area contributed by atoms with Gasteiger partial charge in [0.15, 0.2) is 5.82 Å². The monoisotopic (exact) mass is 642 g/mol. The second-order valence-electron chi connectivity index (χ2n) is 13.1. The van der Waals surface area contributed by atoms with Crippen molar-refractivity contribution in [3.05, 3.63) is 54.3 Å². The van der Waals surface area contributed by atoms with Crippen molar-refractivity contribution < 1.29 is 28.5 Å². The lowest BCUT2D eigenvalue weighted by molar-refractivity contribution is -0.0349. The van der Waals surface area contributed by atoms with Gasteiger partial charge in [-0.15, -0.1) is 0 Å². The molecule has 0 spiro atoms. The lowest BCUT2D eigenvalue weighted by atomic mass is 9.96. The van der Waals surface area contributed by atoms with E-state index in [4.69, 9.17) is 19.2 Å². The van der Waals surface area contributed by atoms with Crippen molar-refractivity contribution in [2.75, 3.05) is 64.6 Å². The first kappa shape index (κ1) is 30.1. The van der Waals surface area contributed by atoms with Gasteiger partial charge in [0.05, 0.1) is 37.9 Å². The van der Waals surface area contributed by atoms with E-state index in [-0.39, 0.29) is 47.5 Å². The minimum absolute atomic E-state index is 0.00687. The van der Waals surface area contributed by atoms with Crippen LogP contribution in [0.1, 0.15) is 19.3 Å². The zero-order valence-corrected chi connectivity index (χ0v) is 26.4. The van der Waals surface area contributed by atoms with Gasteiger partial charge in [-0.05, 0) is 67.4 Å². The molecule has 11 nitrogen and oxygen atoms in total. The number of likely N-dealkylation sites (tertiary alicyclic amines) is 1. The van der Waals surface area contributed by atoms with Crippen LogP contribution in [0.5, 0.6) is 11.8 Å². The van der Waals surface area contributed by atoms with Gasteiger partial charge < -0.3 is 39.3 Å². The molecule has 0 radical (unpaired) electrons. The molecule has 4 fully saturated rings. The Hall–Kier alpha value is -4.26. The summed E-state index contributed by atoms with van der Waals surface area (Å²) in [6.07, 6.45) is 2.91. The summed E-state index contributed by atoms with van der Waals surface area (Å²) in [6, 6.07) is 14.3. The van der Waals surface area contributed by atoms with Gasteiger partial charge in [-0.25, -0.2) is 9.18 Å². The third-order valence-corrected chi connectivity index (χ3v) is 10.0. The number of likely N-dealkylation sites (N-methyl/N-ethyl adjacent to an activating group) is 1. The van der Waals surface area contributed by atoms with Crippen LogP contribution in [-0.2, 0) is 9.47 Å². The van der Waals surface area contributed by atoms with Gasteiger partial charge in [0.2, 0.25) is 0 Å². The number of phenolic OH excluding ortho intramolecular Hbond substituents is 1. The number of carbonyl (C=O) groups excluding carboxylic acids is 1. The maximum atomic E-state index is 16.8. The number of phenols is 1. The van der Waals surface area contributed by atoms with Gasteiger partial charge in [-0.1, -0.05) is 30.3 Å². The third-order valence-electron chi connectivity index (χ3n) is 10.0. The molecular weight excluding hydrogens is 603 g/mol. The summed E-state index contributed by atoms with van der Waals surface area (Å²) >= 11 is 0. The van der Waals surface area contributed by atoms with Crippen molar-refractivity contribution in [3.63, 3.8) is 0 Å². The number of rotatable bonds is 6. The number of nitrogens with one attached hydrogen (secondary N) is 1. The summed E-state index contributed by atoms with van der Waals surface area (Å²) in [4.78, 5) is 29.2. The molecule has 4 saturated heterocycles. The van der Waals surface area contributed by atoms with Gasteiger partial charge in [0.25, 0.3) is 0 Å². The first-order valence-corrected chi connectivity index (χ1v) is 16.5. The first-order chi connectivity index (χ1) is 22.9. The number of aromatic hydroxyl groups is 1. The SMILES string of the molecule is CN1CCC[C@@H]1COc1nc(N2CC3COCC(C2)N3C(=O)NC2CCOC2)c2ccc(-c3cc(O)cc4ccccc34)c(F)c2n1. The lowest BCUT2D eigenvalue weighted by Gasteiger charge is -2.50. The van der Waals surface area contributed by atoms with Crippen LogP contribution in [-0.4, -0.2) is 115 Å². The second kappa shape index (κ2) is 12.4. The fourth-order valence-electron chi connectivity index (χ4n) is 7.58. The van der Waals surface area contributed by atoms with E-state index in [1.54, 1.807) is 18.2 Å². The van der Waals surface area contributed by atoms with Gasteiger partial charge in [0, 0.05) is 36.7 Å². The smallest absolute Gasteiger partial charge is 0.319 e. The van der Waals surface area contributed by atoms with Gasteiger partial charge in [-0.3, -0.25) is 0 Å². The van der Waals surface area contributed by atoms with Gasteiger partial charge in [0.1, 0.15) is 23.7 Å². The van der Waals surface area contributed by atoms with E-state index in [0.717, 1.165) is 36.6 Å². The van der Waals surface area contributed by atoms with Gasteiger partial charge >= 0.3 is 12.0 Å². The average Bonchev–Trinajstić information content (AvgIpc) is 3.74. The molecule has 4 atom stereocenters. The summed E-state index contributed by atoms with van der Waals surface area (Å²) in [5.41, 5.74) is 1.06. The van der Waals surface area contributed by atoms with Crippen molar-refractivity contribution in [1.82, 2.24) is 25.1 Å². The Labute approximate surface area is 272 Å². The number of benzene rings is 3. The normalized spacial score (nSPS) is 24.7. The van der Waals surface area contributed by atoms with Crippen LogP contribution in [0.25, 0.3) is 32.8 Å². The molecular formula is C35H39FN6O5. The highest BCUT2D eigenvalue weighted by molar-refractivity contribution is 6.01. The molecule has 246 valence electrons. The topological polar surface area (TPSA) is 113 Å². The summed E-state index contributed by atoms with van der Waals surface area (Å²) < 4.78 is 34.4. The Morgan fingerprint density at radius 2 is 1.85 bits per heavy atom. The number of ether oxygens (including phenoxy) is 3. The summed E-state index contributed by atoms with van der Waals surface area (Å²) in [5.74, 6) is 0.115. The Balaban J connectivity index is 1.18. The van der Waals surface area contributed by atoms with Crippen LogP contribution >= 0.6 is 0 Å². The molecule has 0 saturated carbocycles. The van der Waals surface area contributed by atoms with Crippen LogP contribution in [0.4, 0.5) is 15.0 Å². The number of aromatic nitrogens is 2. The van der Waals surface area contributed by atoms with Gasteiger partial charge in [-0.2, -0.15) is 9.97 Å². The van der Waals surface area contributed by atoms with Crippen molar-refractivity contribution in [2.24, 2.45) is 0 Å². The molecule has 47 heavy (non-hydrogen) atoms. The standard InChI is InChI=1S/C35H39FN6O5/c1-40-11-4-6-23(40)20-47-34-38-32-29(9-8-28(31(32)36)30-14-26(43)13-21-5-2-3-7-27(21)30)33(39-34)41-15-24-18-46-19-25(16-41)42(24)35(44)37-22-10-12-45-17-22/h2-3,5,7-9,13-14,22-25,43H,4,6,10-12,15-20H2,1H3,(H,37,44)/t22?,23-,24?,25?/m1/s1. The molecule has 4 aliphatic heterocycles. The van der Waals surface area contributed by atoms with Crippen molar-refractivity contribution in [2.45, 2.75) is 43.4 Å². The van der Waals surface area contributed by atoms with E-state index in [0.29, 0.717) is 68.5 Å². The molecule has 1 aromatic heterocycles. The number of halogens is 1. The molecule has 3 unspecified atom stereocenters. The Kier molecular flexibility index (Phi) is 7.94. The quantitative estimate of drug-likeness (QED) is 0.320. The number of amides is 2. The molecule has 2 N–H and O–H groups in total. The molecule has 0 aliphatic carbocycles. The molecule has 5 heterocycles. The van der Waals surface area contributed by atoms with Crippen molar-refractivity contribution in [3.8, 4) is 22.9 Å². The number of hydrogen-bond donors (Lipinski definition) is 2. The Morgan fingerprint density at radius 3 is 2.62 bits per heavy atom. The minimum atomic E-state index is -0.509. The number of morpholine rings is 1. The largest absolute Gasteiger partial charge is 0.508 e. The summed E-state index contributed by atoms with van der Waals surface area (Å²) in [7, 11) is 2.08. The Bertz CT molecular complexity index is 1800. The van der Waals surface area contributed by atoms with Crippen LogP contribution in [0.15, 0.2) is 48.5 Å². The van der Waals surface area contributed by atoms with E-state index in [1.807, 2.05) is 35.2 Å². The maximum absolute atomic E-state index is 16.8. The second-order valence-corrected chi connectivity index (χ2v) is 13.1. The average molecular weight is 643 g/mol. The minimum Gasteiger partial charge on any atom is -0.508 e.